The average Bonchev–Trinajstić information content (AvgIpc) is 3.50. The molecular weight excluding hydrogens is 568 g/mol. The number of pyridine rings is 1. The van der Waals surface area contributed by atoms with E-state index >= 15 is 0 Å². The van der Waals surface area contributed by atoms with E-state index < -0.39 is 24.3 Å². The quantitative estimate of drug-likeness (QED) is 0.293. The summed E-state index contributed by atoms with van der Waals surface area (Å²) in [6.07, 6.45) is -1.65. The van der Waals surface area contributed by atoms with Crippen LogP contribution in [0.1, 0.15) is 35.9 Å². The number of imidazole rings is 1. The number of carbonyl (C=O) groups excluding carboxylic acids is 1. The van der Waals surface area contributed by atoms with E-state index in [1.807, 2.05) is 42.0 Å². The van der Waals surface area contributed by atoms with Crippen molar-refractivity contribution in [3.05, 3.63) is 60.4 Å². The Labute approximate surface area is 226 Å². The molecule has 4 aromatic rings. The van der Waals surface area contributed by atoms with Gasteiger partial charge in [0.15, 0.2) is 11.5 Å². The summed E-state index contributed by atoms with van der Waals surface area (Å²) in [6.45, 7) is 6.03. The third-order valence-electron chi connectivity index (χ3n) is 4.69. The molecule has 0 spiro atoms. The predicted octanol–water partition coefficient (Wildman–Crippen LogP) is 4.40. The van der Waals surface area contributed by atoms with Crippen LogP contribution in [0.15, 0.2) is 49.2 Å². The van der Waals surface area contributed by atoms with Gasteiger partial charge in [0.1, 0.15) is 11.5 Å². The minimum atomic E-state index is -5.08. The van der Waals surface area contributed by atoms with Gasteiger partial charge in [0.25, 0.3) is 5.91 Å². The molecule has 4 aromatic heterocycles. The summed E-state index contributed by atoms with van der Waals surface area (Å²) in [7, 11) is 0. The molecule has 0 fully saturated rings. The lowest BCUT2D eigenvalue weighted by Crippen LogP contribution is -2.21. The van der Waals surface area contributed by atoms with E-state index in [0.717, 1.165) is 11.3 Å². The maximum atomic E-state index is 12.8. The number of carboxylic acid groups (broad SMARTS) is 2. The number of carbonyl (C=O) groups is 3. The molecule has 1 amide bonds. The first kappa shape index (κ1) is 32.2. The molecule has 0 bridgehead atoms. The number of aliphatic carboxylic acids is 2. The van der Waals surface area contributed by atoms with Crippen molar-refractivity contribution in [1.82, 2.24) is 29.1 Å². The fourth-order valence-electron chi connectivity index (χ4n) is 2.91. The summed E-state index contributed by atoms with van der Waals surface area (Å²) in [4.78, 5) is 43.6. The highest BCUT2D eigenvalue weighted by Crippen LogP contribution is 2.25. The molecule has 41 heavy (non-hydrogen) atoms. The second kappa shape index (κ2) is 12.9. The molecule has 18 heteroatoms. The van der Waals surface area contributed by atoms with Gasteiger partial charge in [-0.1, -0.05) is 6.07 Å². The van der Waals surface area contributed by atoms with Crippen molar-refractivity contribution in [2.75, 3.05) is 5.32 Å². The first-order valence-corrected chi connectivity index (χ1v) is 11.1. The second-order valence-corrected chi connectivity index (χ2v) is 8.15. The average molecular weight is 589 g/mol. The fourth-order valence-corrected chi connectivity index (χ4v) is 2.91. The summed E-state index contributed by atoms with van der Waals surface area (Å²) in [5, 5.41) is 21.4. The number of fused-ring (bicyclic) bond motifs is 1. The Bertz CT molecular complexity index is 1490. The topological polar surface area (TPSA) is 165 Å². The maximum absolute atomic E-state index is 12.8. The molecule has 0 aliphatic rings. The Balaban J connectivity index is 0.000000349. The van der Waals surface area contributed by atoms with Gasteiger partial charge in [0, 0.05) is 30.8 Å². The van der Waals surface area contributed by atoms with Crippen LogP contribution in [-0.2, 0) is 9.59 Å². The third kappa shape index (κ3) is 8.73. The van der Waals surface area contributed by atoms with E-state index in [-0.39, 0.29) is 17.6 Å². The molecule has 12 nitrogen and oxygen atoms in total. The van der Waals surface area contributed by atoms with Crippen molar-refractivity contribution in [3.63, 3.8) is 0 Å². The zero-order chi connectivity index (χ0) is 31.1. The molecule has 220 valence electrons. The van der Waals surface area contributed by atoms with Crippen LogP contribution in [-0.4, -0.2) is 69.5 Å². The molecule has 0 saturated heterocycles. The minimum absolute atomic E-state index is 0.165. The van der Waals surface area contributed by atoms with E-state index in [9.17, 15) is 31.1 Å². The third-order valence-corrected chi connectivity index (χ3v) is 4.69. The van der Waals surface area contributed by atoms with Crippen LogP contribution >= 0.6 is 0 Å². The van der Waals surface area contributed by atoms with Crippen LogP contribution in [0.5, 0.6) is 0 Å². The summed E-state index contributed by atoms with van der Waals surface area (Å²) in [6, 6.07) is 5.71. The van der Waals surface area contributed by atoms with Crippen LogP contribution < -0.4 is 5.32 Å². The zero-order valence-corrected chi connectivity index (χ0v) is 21.3. The van der Waals surface area contributed by atoms with Gasteiger partial charge in [-0.2, -0.15) is 31.4 Å². The lowest BCUT2D eigenvalue weighted by molar-refractivity contribution is -0.193. The van der Waals surface area contributed by atoms with Gasteiger partial charge in [-0.05, 0) is 38.5 Å². The summed E-state index contributed by atoms with van der Waals surface area (Å²) >= 11 is 0. The van der Waals surface area contributed by atoms with Crippen LogP contribution in [0.25, 0.3) is 17.0 Å². The molecule has 0 radical (unpaired) electrons. The number of hydrogen-bond acceptors (Lipinski definition) is 7. The Morgan fingerprint density at radius 2 is 1.51 bits per heavy atom. The van der Waals surface area contributed by atoms with Crippen molar-refractivity contribution in [3.8, 4) is 11.5 Å². The number of anilines is 1. The number of alkyl halides is 6. The smallest absolute Gasteiger partial charge is 0.475 e. The van der Waals surface area contributed by atoms with E-state index in [1.54, 1.807) is 37.1 Å². The van der Waals surface area contributed by atoms with Gasteiger partial charge in [0.2, 0.25) is 0 Å². The second-order valence-electron chi connectivity index (χ2n) is 8.15. The summed E-state index contributed by atoms with van der Waals surface area (Å²) < 4.78 is 67.2. The van der Waals surface area contributed by atoms with Crippen LogP contribution in [0, 0.1) is 6.92 Å². The van der Waals surface area contributed by atoms with Crippen molar-refractivity contribution < 1.29 is 50.9 Å². The molecule has 0 unspecified atom stereocenters. The highest BCUT2D eigenvalue weighted by molar-refractivity contribution is 6.07. The number of nitrogens with zero attached hydrogens (tertiary/aromatic N) is 6. The first-order valence-electron chi connectivity index (χ1n) is 11.1. The largest absolute Gasteiger partial charge is 0.490 e. The molecular formula is C23H21F6N7O5. The highest BCUT2D eigenvalue weighted by Gasteiger charge is 2.38. The number of aromatic nitrogens is 6. The Kier molecular flexibility index (Phi) is 10.1. The molecule has 0 aliphatic heterocycles. The number of hydrogen-bond donors (Lipinski definition) is 3. The van der Waals surface area contributed by atoms with Gasteiger partial charge in [-0.25, -0.2) is 19.6 Å². The van der Waals surface area contributed by atoms with E-state index in [1.165, 1.54) is 0 Å². The van der Waals surface area contributed by atoms with E-state index in [0.29, 0.717) is 17.2 Å². The predicted molar refractivity (Wildman–Crippen MR) is 129 cm³/mol. The number of amides is 1. The molecule has 4 heterocycles. The fraction of sp³-hybridized carbons (Fsp3) is 0.261. The van der Waals surface area contributed by atoms with Gasteiger partial charge in [-0.3, -0.25) is 18.9 Å². The minimum Gasteiger partial charge on any atom is -0.475 e. The van der Waals surface area contributed by atoms with E-state index in [4.69, 9.17) is 19.8 Å². The number of rotatable bonds is 4. The van der Waals surface area contributed by atoms with Crippen molar-refractivity contribution in [2.24, 2.45) is 0 Å². The molecule has 3 N–H and O–H groups in total. The van der Waals surface area contributed by atoms with Crippen LogP contribution in [0.2, 0.25) is 0 Å². The monoisotopic (exact) mass is 589 g/mol. The number of carboxylic acids is 2. The Hall–Kier alpha value is -5.03. The van der Waals surface area contributed by atoms with Gasteiger partial charge in [-0.15, -0.1) is 0 Å². The number of halogens is 6. The van der Waals surface area contributed by atoms with Crippen molar-refractivity contribution in [1.29, 1.82) is 0 Å². The lowest BCUT2D eigenvalue weighted by atomic mass is 10.3. The van der Waals surface area contributed by atoms with Crippen LogP contribution in [0.3, 0.4) is 0 Å². The van der Waals surface area contributed by atoms with Gasteiger partial charge >= 0.3 is 24.3 Å². The Morgan fingerprint density at radius 3 is 2.00 bits per heavy atom. The molecule has 0 atom stereocenters. The molecule has 0 aliphatic carbocycles. The first-order chi connectivity index (χ1) is 18.9. The van der Waals surface area contributed by atoms with Crippen molar-refractivity contribution in [2.45, 2.75) is 39.2 Å². The lowest BCUT2D eigenvalue weighted by Gasteiger charge is -2.09. The number of nitrogens with one attached hydrogen (secondary N) is 1. The number of aryl methyl sites for hydroxylation is 1. The highest BCUT2D eigenvalue weighted by atomic mass is 19.4. The molecule has 4 rings (SSSR count). The Morgan fingerprint density at radius 1 is 0.927 bits per heavy atom. The summed E-state index contributed by atoms with van der Waals surface area (Å²) in [5.41, 5.74) is 2.76. The maximum Gasteiger partial charge on any atom is 0.490 e. The van der Waals surface area contributed by atoms with Gasteiger partial charge in [0.05, 0.1) is 11.7 Å². The zero-order valence-electron chi connectivity index (χ0n) is 21.3. The molecule has 0 aromatic carbocycles. The van der Waals surface area contributed by atoms with Gasteiger partial charge < -0.3 is 15.5 Å². The normalized spacial score (nSPS) is 11.3. The van der Waals surface area contributed by atoms with E-state index in [2.05, 4.69) is 25.4 Å². The van der Waals surface area contributed by atoms with Crippen molar-refractivity contribution >= 4 is 29.2 Å². The standard InChI is InChI=1S/C19H19N7O.2C2HF3O2/c1-12(2)26-14(6-7-22-26)18-24-17(15-11-20-8-9-25(15)18)19(27)23-16-5-4-13(3)10-21-16;2*3-2(4,5)1(6)7/h4-12H,1-3H3,(H,21,23,27);2*(H,6,7). The summed E-state index contributed by atoms with van der Waals surface area (Å²) in [5.74, 6) is -4.73. The SMILES string of the molecule is Cc1ccc(NC(=O)c2nc(-c3ccnn3C(C)C)n3ccncc23)nc1.O=C(O)C(F)(F)F.O=C(O)C(F)(F)F. The van der Waals surface area contributed by atoms with Crippen LogP contribution in [0.4, 0.5) is 32.2 Å². The molecule has 0 saturated carbocycles.